The molecule has 0 aliphatic rings. The summed E-state index contributed by atoms with van der Waals surface area (Å²) in [6.07, 6.45) is 1.84. The van der Waals surface area contributed by atoms with Gasteiger partial charge in [-0.3, -0.25) is 4.79 Å². The van der Waals surface area contributed by atoms with Gasteiger partial charge in [-0.25, -0.2) is 4.79 Å². The fourth-order valence-electron chi connectivity index (χ4n) is 1.01. The molecule has 6 heteroatoms. The second-order valence-electron chi connectivity index (χ2n) is 3.22. The molecule has 15 heavy (non-hydrogen) atoms. The van der Waals surface area contributed by atoms with Gasteiger partial charge in [0, 0.05) is 6.42 Å². The Hall–Kier alpha value is -0.750. The van der Waals surface area contributed by atoms with Crippen molar-refractivity contribution >= 4 is 23.6 Å². The Bertz CT molecular complexity index is 220. The standard InChI is InChI=1S/C9H17NO4S/c1-6(11)8(9(13)14)10-7(12)4-3-5-15-2/h6,8,11H,3-5H2,1-2H3,(H,10,12)(H,13,14). The van der Waals surface area contributed by atoms with Crippen molar-refractivity contribution in [2.24, 2.45) is 0 Å². The fraction of sp³-hybridized carbons (Fsp3) is 0.778. The summed E-state index contributed by atoms with van der Waals surface area (Å²) in [5.74, 6) is -0.694. The van der Waals surface area contributed by atoms with Crippen LogP contribution >= 0.6 is 11.8 Å². The lowest BCUT2D eigenvalue weighted by atomic mass is 10.2. The van der Waals surface area contributed by atoms with Gasteiger partial charge in [0.15, 0.2) is 6.04 Å². The second-order valence-corrected chi connectivity index (χ2v) is 4.21. The summed E-state index contributed by atoms with van der Waals surface area (Å²) in [6.45, 7) is 1.33. The van der Waals surface area contributed by atoms with Crippen molar-refractivity contribution in [1.29, 1.82) is 0 Å². The Balaban J connectivity index is 3.95. The number of rotatable bonds is 7. The van der Waals surface area contributed by atoms with Crippen LogP contribution in [0.4, 0.5) is 0 Å². The zero-order valence-corrected chi connectivity index (χ0v) is 9.71. The molecule has 0 aromatic heterocycles. The molecule has 0 aliphatic carbocycles. The highest BCUT2D eigenvalue weighted by Gasteiger charge is 2.24. The van der Waals surface area contributed by atoms with Gasteiger partial charge in [0.1, 0.15) is 0 Å². The number of hydrogen-bond acceptors (Lipinski definition) is 4. The third kappa shape index (κ3) is 6.35. The van der Waals surface area contributed by atoms with Crippen molar-refractivity contribution in [2.45, 2.75) is 31.9 Å². The normalized spacial score (nSPS) is 14.3. The van der Waals surface area contributed by atoms with Gasteiger partial charge in [-0.05, 0) is 25.4 Å². The molecule has 0 saturated carbocycles. The molecular weight excluding hydrogens is 218 g/mol. The molecule has 0 radical (unpaired) electrons. The molecule has 3 N–H and O–H groups in total. The van der Waals surface area contributed by atoms with E-state index in [-0.39, 0.29) is 12.3 Å². The number of thioether (sulfide) groups is 1. The van der Waals surface area contributed by atoms with Crippen molar-refractivity contribution in [3.63, 3.8) is 0 Å². The van der Waals surface area contributed by atoms with Gasteiger partial charge in [-0.1, -0.05) is 0 Å². The Morgan fingerprint density at radius 3 is 2.47 bits per heavy atom. The van der Waals surface area contributed by atoms with Crippen LogP contribution in [0.25, 0.3) is 0 Å². The lowest BCUT2D eigenvalue weighted by Gasteiger charge is -2.16. The number of carbonyl (C=O) groups excluding carboxylic acids is 1. The molecule has 0 fully saturated rings. The van der Waals surface area contributed by atoms with Crippen LogP contribution in [0.3, 0.4) is 0 Å². The van der Waals surface area contributed by atoms with E-state index in [0.717, 1.165) is 5.75 Å². The number of carboxylic acid groups (broad SMARTS) is 1. The van der Waals surface area contributed by atoms with E-state index < -0.39 is 18.1 Å². The van der Waals surface area contributed by atoms with Crippen LogP contribution in [0, 0.1) is 0 Å². The maximum absolute atomic E-state index is 11.2. The summed E-state index contributed by atoms with van der Waals surface area (Å²) in [7, 11) is 0. The van der Waals surface area contributed by atoms with E-state index in [4.69, 9.17) is 10.2 Å². The fourth-order valence-corrected chi connectivity index (χ4v) is 1.44. The number of aliphatic carboxylic acids is 1. The number of nitrogens with one attached hydrogen (secondary N) is 1. The smallest absolute Gasteiger partial charge is 0.328 e. The van der Waals surface area contributed by atoms with Gasteiger partial charge in [0.2, 0.25) is 5.91 Å². The van der Waals surface area contributed by atoms with Crippen LogP contribution in [-0.2, 0) is 9.59 Å². The highest BCUT2D eigenvalue weighted by Crippen LogP contribution is 2.00. The number of carboxylic acids is 1. The summed E-state index contributed by atoms with van der Waals surface area (Å²) in [5, 5.41) is 20.1. The number of hydrogen-bond donors (Lipinski definition) is 3. The molecule has 0 rings (SSSR count). The minimum atomic E-state index is -1.22. The average molecular weight is 235 g/mol. The zero-order valence-electron chi connectivity index (χ0n) is 8.90. The molecule has 0 aromatic carbocycles. The quantitative estimate of drug-likeness (QED) is 0.544. The first-order chi connectivity index (χ1) is 6.99. The Labute approximate surface area is 93.2 Å². The summed E-state index contributed by atoms with van der Waals surface area (Å²) in [4.78, 5) is 21.9. The van der Waals surface area contributed by atoms with E-state index in [1.807, 2.05) is 6.26 Å². The van der Waals surface area contributed by atoms with Crippen LogP contribution < -0.4 is 5.32 Å². The zero-order chi connectivity index (χ0) is 11.8. The second kappa shape index (κ2) is 7.53. The lowest BCUT2D eigenvalue weighted by Crippen LogP contribution is -2.47. The molecule has 5 nitrogen and oxygen atoms in total. The minimum Gasteiger partial charge on any atom is -0.480 e. The molecule has 0 heterocycles. The van der Waals surface area contributed by atoms with Crippen LogP contribution in [0.15, 0.2) is 0 Å². The van der Waals surface area contributed by atoms with E-state index in [9.17, 15) is 9.59 Å². The van der Waals surface area contributed by atoms with Crippen molar-refractivity contribution < 1.29 is 19.8 Å². The highest BCUT2D eigenvalue weighted by atomic mass is 32.2. The number of aliphatic hydroxyl groups is 1. The van der Waals surface area contributed by atoms with E-state index in [1.165, 1.54) is 6.92 Å². The van der Waals surface area contributed by atoms with Crippen LogP contribution in [0.1, 0.15) is 19.8 Å². The van der Waals surface area contributed by atoms with Gasteiger partial charge in [0.05, 0.1) is 6.10 Å². The van der Waals surface area contributed by atoms with Gasteiger partial charge >= 0.3 is 5.97 Å². The van der Waals surface area contributed by atoms with Crippen molar-refractivity contribution in [3.8, 4) is 0 Å². The molecule has 0 spiro atoms. The van der Waals surface area contributed by atoms with Crippen LogP contribution in [0.2, 0.25) is 0 Å². The summed E-state index contributed by atoms with van der Waals surface area (Å²) < 4.78 is 0. The number of aliphatic hydroxyl groups excluding tert-OH is 1. The summed E-state index contributed by atoms with van der Waals surface area (Å²) in [5.41, 5.74) is 0. The molecule has 0 bridgehead atoms. The van der Waals surface area contributed by atoms with Gasteiger partial charge < -0.3 is 15.5 Å². The third-order valence-electron chi connectivity index (χ3n) is 1.82. The van der Waals surface area contributed by atoms with E-state index in [2.05, 4.69) is 5.32 Å². The first-order valence-electron chi connectivity index (χ1n) is 4.68. The molecule has 2 unspecified atom stereocenters. The molecule has 0 aromatic rings. The largest absolute Gasteiger partial charge is 0.480 e. The van der Waals surface area contributed by atoms with E-state index in [0.29, 0.717) is 6.42 Å². The number of carbonyl (C=O) groups is 2. The summed E-state index contributed by atoms with van der Waals surface area (Å²) in [6, 6.07) is -1.22. The van der Waals surface area contributed by atoms with Crippen LogP contribution in [-0.4, -0.2) is 46.2 Å². The van der Waals surface area contributed by atoms with Crippen molar-refractivity contribution in [1.82, 2.24) is 5.32 Å². The summed E-state index contributed by atoms with van der Waals surface area (Å²) >= 11 is 1.63. The molecule has 0 saturated heterocycles. The predicted molar refractivity (Wildman–Crippen MR) is 58.9 cm³/mol. The number of amides is 1. The van der Waals surface area contributed by atoms with Crippen molar-refractivity contribution in [2.75, 3.05) is 12.0 Å². The molecule has 88 valence electrons. The maximum atomic E-state index is 11.2. The first kappa shape index (κ1) is 14.2. The highest BCUT2D eigenvalue weighted by molar-refractivity contribution is 7.98. The maximum Gasteiger partial charge on any atom is 0.328 e. The van der Waals surface area contributed by atoms with Crippen molar-refractivity contribution in [3.05, 3.63) is 0 Å². The topological polar surface area (TPSA) is 86.6 Å². The molecule has 2 atom stereocenters. The third-order valence-corrected chi connectivity index (χ3v) is 2.51. The lowest BCUT2D eigenvalue weighted by molar-refractivity contribution is -0.144. The monoisotopic (exact) mass is 235 g/mol. The van der Waals surface area contributed by atoms with Crippen LogP contribution in [0.5, 0.6) is 0 Å². The molecule has 1 amide bonds. The van der Waals surface area contributed by atoms with Gasteiger partial charge in [-0.2, -0.15) is 11.8 Å². The molecule has 0 aliphatic heterocycles. The van der Waals surface area contributed by atoms with Gasteiger partial charge in [-0.15, -0.1) is 0 Å². The molecular formula is C9H17NO4S. The van der Waals surface area contributed by atoms with E-state index >= 15 is 0 Å². The van der Waals surface area contributed by atoms with Gasteiger partial charge in [0.25, 0.3) is 0 Å². The predicted octanol–water partition coefficient (Wildman–Crippen LogP) is 0.0798. The SMILES string of the molecule is CSCCCC(=O)NC(C(=O)O)C(C)O. The first-order valence-corrected chi connectivity index (χ1v) is 6.07. The Morgan fingerprint density at radius 1 is 1.47 bits per heavy atom. The minimum absolute atomic E-state index is 0.289. The Morgan fingerprint density at radius 2 is 2.07 bits per heavy atom. The average Bonchev–Trinajstić information content (AvgIpc) is 2.13. The van der Waals surface area contributed by atoms with E-state index in [1.54, 1.807) is 11.8 Å². The Kier molecular flexibility index (Phi) is 7.15.